The van der Waals surface area contributed by atoms with Gasteiger partial charge in [0.2, 0.25) is 0 Å². The summed E-state index contributed by atoms with van der Waals surface area (Å²) in [5, 5.41) is 3.19. The van der Waals surface area contributed by atoms with Gasteiger partial charge in [0.05, 0.1) is 0 Å². The molecule has 2 heteroatoms. The summed E-state index contributed by atoms with van der Waals surface area (Å²) in [5.74, 6) is 0. The molecule has 0 bridgehead atoms. The van der Waals surface area contributed by atoms with Crippen molar-refractivity contribution in [3.63, 3.8) is 0 Å². The molecule has 0 radical (unpaired) electrons. The van der Waals surface area contributed by atoms with Crippen molar-refractivity contribution < 1.29 is 0 Å². The molecule has 1 atom stereocenters. The normalized spacial score (nSPS) is 15.8. The molecular formula is C31H38N2. The Kier molecular flexibility index (Phi) is 8.48. The molecule has 0 spiro atoms. The first-order valence-corrected chi connectivity index (χ1v) is 11.1. The Labute approximate surface area is 200 Å². The number of nitrogens with one attached hydrogen (secondary N) is 1. The lowest BCUT2D eigenvalue weighted by Crippen LogP contribution is -2.19. The highest BCUT2D eigenvalue weighted by Gasteiger charge is 2.29. The second kappa shape index (κ2) is 10.9. The molecule has 0 aromatic heterocycles. The van der Waals surface area contributed by atoms with Crippen LogP contribution in [0.25, 0.3) is 5.57 Å². The van der Waals surface area contributed by atoms with Gasteiger partial charge in [-0.15, -0.1) is 0 Å². The highest BCUT2D eigenvalue weighted by molar-refractivity contribution is 5.90. The van der Waals surface area contributed by atoms with Gasteiger partial charge in [0.25, 0.3) is 0 Å². The molecule has 0 saturated carbocycles. The molecule has 3 N–H and O–H groups in total. The minimum absolute atomic E-state index is 0. The third-order valence-corrected chi connectivity index (χ3v) is 6.07. The lowest BCUT2D eigenvalue weighted by Gasteiger charge is -2.33. The zero-order valence-electron chi connectivity index (χ0n) is 19.7. The molecule has 1 aliphatic rings. The van der Waals surface area contributed by atoms with Crippen molar-refractivity contribution in [3.05, 3.63) is 131 Å². The Balaban J connectivity index is 0.00000385. The molecule has 0 amide bonds. The quantitative estimate of drug-likeness (QED) is 0.338. The third-order valence-electron chi connectivity index (χ3n) is 6.07. The largest absolute Gasteiger partial charge is 0.398 e. The number of nitrogens with two attached hydrogens (primary N) is 1. The van der Waals surface area contributed by atoms with Crippen LogP contribution in [0.1, 0.15) is 51.3 Å². The molecule has 0 saturated heterocycles. The van der Waals surface area contributed by atoms with E-state index in [-0.39, 0.29) is 12.8 Å². The minimum Gasteiger partial charge on any atom is -0.398 e. The van der Waals surface area contributed by atoms with E-state index in [2.05, 4.69) is 101 Å². The maximum absolute atomic E-state index is 6.54. The SMILES string of the molecule is C.C=C1C=CC(/C=C/C(C)(CC)/C(C(=C)C)=C(\c2ccccc2)c2cc(C)ccc2N)=CN1. The highest BCUT2D eigenvalue weighted by atomic mass is 14.8. The first-order chi connectivity index (χ1) is 15.2. The van der Waals surface area contributed by atoms with Gasteiger partial charge in [0, 0.05) is 28.6 Å². The second-order valence-corrected chi connectivity index (χ2v) is 8.74. The number of rotatable bonds is 7. The molecule has 1 aliphatic heterocycles. The molecule has 2 aromatic carbocycles. The van der Waals surface area contributed by atoms with E-state index in [9.17, 15) is 0 Å². The zero-order valence-corrected chi connectivity index (χ0v) is 19.7. The van der Waals surface area contributed by atoms with E-state index in [1.807, 2.05) is 24.4 Å². The second-order valence-electron chi connectivity index (χ2n) is 8.74. The molecule has 0 fully saturated rings. The first-order valence-electron chi connectivity index (χ1n) is 11.1. The number of hydrogen-bond acceptors (Lipinski definition) is 2. The number of hydrogen-bond donors (Lipinski definition) is 2. The fraction of sp³-hybridized carbons (Fsp3) is 0.226. The molecule has 33 heavy (non-hydrogen) atoms. The number of dihydropyridines is 1. The van der Waals surface area contributed by atoms with Gasteiger partial charge in [0.1, 0.15) is 0 Å². The van der Waals surface area contributed by atoms with Crippen LogP contribution in [-0.2, 0) is 0 Å². The van der Waals surface area contributed by atoms with E-state index in [0.717, 1.165) is 45.7 Å². The van der Waals surface area contributed by atoms with Crippen molar-refractivity contribution in [3.8, 4) is 0 Å². The predicted octanol–water partition coefficient (Wildman–Crippen LogP) is 8.12. The van der Waals surface area contributed by atoms with Crippen LogP contribution in [0.5, 0.6) is 0 Å². The average Bonchev–Trinajstić information content (AvgIpc) is 2.79. The van der Waals surface area contributed by atoms with E-state index in [1.165, 1.54) is 11.1 Å². The fourth-order valence-electron chi connectivity index (χ4n) is 4.14. The number of nitrogen functional groups attached to an aromatic ring is 1. The Morgan fingerprint density at radius 3 is 2.39 bits per heavy atom. The molecule has 172 valence electrons. The summed E-state index contributed by atoms with van der Waals surface area (Å²) >= 11 is 0. The molecule has 0 aliphatic carbocycles. The van der Waals surface area contributed by atoms with Crippen molar-refractivity contribution >= 4 is 11.3 Å². The van der Waals surface area contributed by atoms with E-state index in [4.69, 9.17) is 5.73 Å². The Bertz CT molecular complexity index is 1140. The van der Waals surface area contributed by atoms with Crippen molar-refractivity contribution in [2.24, 2.45) is 5.41 Å². The molecule has 3 rings (SSSR count). The number of benzene rings is 2. The van der Waals surface area contributed by atoms with Gasteiger partial charge in [-0.3, -0.25) is 0 Å². The van der Waals surface area contributed by atoms with Crippen LogP contribution in [0, 0.1) is 12.3 Å². The summed E-state index contributed by atoms with van der Waals surface area (Å²) < 4.78 is 0. The van der Waals surface area contributed by atoms with Gasteiger partial charge in [-0.05, 0) is 60.8 Å². The van der Waals surface area contributed by atoms with E-state index < -0.39 is 0 Å². The first kappa shape index (κ1) is 25.7. The Hall–Kier alpha value is -3.52. The van der Waals surface area contributed by atoms with Crippen LogP contribution in [0.4, 0.5) is 5.69 Å². The highest BCUT2D eigenvalue weighted by Crippen LogP contribution is 2.45. The summed E-state index contributed by atoms with van der Waals surface area (Å²) in [7, 11) is 0. The van der Waals surface area contributed by atoms with E-state index in [1.54, 1.807) is 0 Å². The predicted molar refractivity (Wildman–Crippen MR) is 147 cm³/mol. The molecule has 1 heterocycles. The molecule has 1 unspecified atom stereocenters. The minimum atomic E-state index is -0.240. The summed E-state index contributed by atoms with van der Waals surface area (Å²) in [4.78, 5) is 0. The van der Waals surface area contributed by atoms with Crippen LogP contribution in [0.3, 0.4) is 0 Å². The lowest BCUT2D eigenvalue weighted by atomic mass is 9.71. The summed E-state index contributed by atoms with van der Waals surface area (Å²) in [6.07, 6.45) is 11.4. The number of aryl methyl sites for hydroxylation is 1. The molecular weight excluding hydrogens is 400 g/mol. The number of anilines is 1. The van der Waals surface area contributed by atoms with Crippen LogP contribution < -0.4 is 11.1 Å². The lowest BCUT2D eigenvalue weighted by molar-refractivity contribution is 0.502. The standard InChI is InChI=1S/C30H34N2.CH4/c1-7-30(6,18-17-24-15-14-23(5)32-20-24)29(21(2)3)28(25-11-9-8-10-12-25)26-19-22(4)13-16-27(26)31;/h8-20,32H,2,5,7,31H2,1,3-4,6H3;1H4/b18-17+,29-28+;. The van der Waals surface area contributed by atoms with Crippen molar-refractivity contribution in [1.82, 2.24) is 5.32 Å². The van der Waals surface area contributed by atoms with Crippen molar-refractivity contribution in [2.45, 2.75) is 41.5 Å². The van der Waals surface area contributed by atoms with Gasteiger partial charge < -0.3 is 11.1 Å². The number of allylic oxidation sites excluding steroid dienone is 7. The van der Waals surface area contributed by atoms with Crippen molar-refractivity contribution in [2.75, 3.05) is 5.73 Å². The van der Waals surface area contributed by atoms with Crippen LogP contribution in [0.15, 0.2) is 115 Å². The van der Waals surface area contributed by atoms with Gasteiger partial charge in [-0.25, -0.2) is 0 Å². The summed E-state index contributed by atoms with van der Waals surface area (Å²) in [6, 6.07) is 16.7. The van der Waals surface area contributed by atoms with Gasteiger partial charge in [-0.2, -0.15) is 0 Å². The average molecular weight is 439 g/mol. The van der Waals surface area contributed by atoms with E-state index in [0.29, 0.717) is 0 Å². The van der Waals surface area contributed by atoms with Crippen LogP contribution in [-0.4, -0.2) is 0 Å². The monoisotopic (exact) mass is 438 g/mol. The van der Waals surface area contributed by atoms with Gasteiger partial charge in [-0.1, -0.05) is 100 Å². The summed E-state index contributed by atoms with van der Waals surface area (Å²) in [5.41, 5.74) is 15.8. The smallest absolute Gasteiger partial charge is 0.0394 e. The van der Waals surface area contributed by atoms with Crippen molar-refractivity contribution in [1.29, 1.82) is 0 Å². The maximum Gasteiger partial charge on any atom is 0.0394 e. The molecule has 2 nitrogen and oxygen atoms in total. The van der Waals surface area contributed by atoms with E-state index >= 15 is 0 Å². The third kappa shape index (κ3) is 5.84. The fourth-order valence-corrected chi connectivity index (χ4v) is 4.14. The maximum atomic E-state index is 6.54. The van der Waals surface area contributed by atoms with Gasteiger partial charge >= 0.3 is 0 Å². The Morgan fingerprint density at radius 2 is 1.82 bits per heavy atom. The van der Waals surface area contributed by atoms with Crippen LogP contribution >= 0.6 is 0 Å². The Morgan fingerprint density at radius 1 is 1.12 bits per heavy atom. The zero-order chi connectivity index (χ0) is 23.3. The van der Waals surface area contributed by atoms with Crippen LogP contribution in [0.2, 0.25) is 0 Å². The summed E-state index contributed by atoms with van der Waals surface area (Å²) in [6.45, 7) is 17.0. The van der Waals surface area contributed by atoms with Gasteiger partial charge in [0.15, 0.2) is 0 Å². The topological polar surface area (TPSA) is 38.0 Å². The molecule has 2 aromatic rings.